The number of hydrogen-bond donors (Lipinski definition) is 0. The van der Waals surface area contributed by atoms with E-state index in [2.05, 4.69) is 66.4 Å². The molecule has 3 fully saturated rings. The first-order valence-electron chi connectivity index (χ1n) is 13.9. The Morgan fingerprint density at radius 3 is 2.55 bits per heavy atom. The van der Waals surface area contributed by atoms with E-state index in [-0.39, 0.29) is 11.3 Å². The molecule has 2 nitrogen and oxygen atoms in total. The van der Waals surface area contributed by atoms with Crippen LogP contribution in [-0.4, -0.2) is 20.2 Å². The van der Waals surface area contributed by atoms with Crippen molar-refractivity contribution in [3.8, 4) is 0 Å². The van der Waals surface area contributed by atoms with Gasteiger partial charge in [-0.15, -0.1) is 0 Å². The van der Waals surface area contributed by atoms with E-state index in [9.17, 15) is 4.79 Å². The van der Waals surface area contributed by atoms with E-state index < -0.39 is 8.32 Å². The minimum atomic E-state index is -1.50. The first-order chi connectivity index (χ1) is 15.3. The second-order valence-corrected chi connectivity index (χ2v) is 18.3. The molecular formula is C30H50O2Si. The highest BCUT2D eigenvalue weighted by atomic mass is 28.4. The van der Waals surface area contributed by atoms with Crippen LogP contribution in [0.4, 0.5) is 0 Å². The highest BCUT2D eigenvalue weighted by molar-refractivity contribution is 6.69. The molecule has 0 amide bonds. The van der Waals surface area contributed by atoms with Crippen molar-refractivity contribution in [2.24, 2.45) is 40.4 Å². The van der Waals surface area contributed by atoms with E-state index >= 15 is 0 Å². The molecular weight excluding hydrogens is 420 g/mol. The Labute approximate surface area is 205 Å². The highest BCUT2D eigenvalue weighted by Crippen LogP contribution is 2.66. The lowest BCUT2D eigenvalue weighted by Gasteiger charge is -2.58. The number of ketones is 1. The first kappa shape index (κ1) is 25.4. The number of allylic oxidation sites excluding steroid dienone is 3. The summed E-state index contributed by atoms with van der Waals surface area (Å²) >= 11 is 0. The molecule has 0 saturated heterocycles. The molecule has 0 N–H and O–H groups in total. The van der Waals surface area contributed by atoms with Crippen molar-refractivity contribution in [3.63, 3.8) is 0 Å². The molecule has 3 saturated carbocycles. The Kier molecular flexibility index (Phi) is 7.00. The molecule has 8 atom stereocenters. The Balaban J connectivity index is 1.52. The quantitative estimate of drug-likeness (QED) is 0.288. The first-order valence-corrected chi connectivity index (χ1v) is 17.3. The fraction of sp³-hybridized carbons (Fsp3) is 0.833. The van der Waals surface area contributed by atoms with Gasteiger partial charge in [0.2, 0.25) is 0 Å². The molecule has 33 heavy (non-hydrogen) atoms. The van der Waals surface area contributed by atoms with Gasteiger partial charge in [0.15, 0.2) is 8.32 Å². The van der Waals surface area contributed by atoms with Gasteiger partial charge in [0.1, 0.15) is 5.78 Å². The number of carbonyl (C=O) groups is 1. The van der Waals surface area contributed by atoms with Crippen molar-refractivity contribution in [1.82, 2.24) is 0 Å². The normalized spacial score (nSPS) is 41.5. The third-order valence-corrected chi connectivity index (χ3v) is 11.3. The molecule has 3 heteroatoms. The van der Waals surface area contributed by atoms with Crippen LogP contribution in [-0.2, 0) is 9.22 Å². The monoisotopic (exact) mass is 470 g/mol. The predicted molar refractivity (Wildman–Crippen MR) is 142 cm³/mol. The van der Waals surface area contributed by atoms with E-state index in [1.807, 2.05) is 0 Å². The summed E-state index contributed by atoms with van der Waals surface area (Å²) in [4.78, 5) is 13.5. The maximum Gasteiger partial charge on any atom is 0.184 e. The lowest BCUT2D eigenvalue weighted by Crippen LogP contribution is -2.51. The number of Topliss-reactive ketones (excluding diaryl/α,β-unsaturated/α-hetero) is 1. The summed E-state index contributed by atoms with van der Waals surface area (Å²) in [5, 5.41) is 0. The molecule has 0 aliphatic heterocycles. The Morgan fingerprint density at radius 2 is 1.88 bits per heavy atom. The van der Waals surface area contributed by atoms with E-state index in [1.165, 1.54) is 37.7 Å². The summed E-state index contributed by atoms with van der Waals surface area (Å²) in [5.74, 6) is 3.40. The zero-order valence-corrected chi connectivity index (χ0v) is 23.8. The van der Waals surface area contributed by atoms with Crippen molar-refractivity contribution < 1.29 is 9.22 Å². The summed E-state index contributed by atoms with van der Waals surface area (Å²) in [6, 6.07) is 0. The number of fused-ring (bicyclic) bond motifs is 5. The summed E-state index contributed by atoms with van der Waals surface area (Å²) in [7, 11) is -1.50. The van der Waals surface area contributed by atoms with Crippen molar-refractivity contribution in [1.29, 1.82) is 0 Å². The summed E-state index contributed by atoms with van der Waals surface area (Å²) < 4.78 is 6.54. The van der Waals surface area contributed by atoms with E-state index in [4.69, 9.17) is 4.43 Å². The van der Waals surface area contributed by atoms with Gasteiger partial charge in [0, 0.05) is 18.4 Å². The second-order valence-electron chi connectivity index (χ2n) is 13.9. The van der Waals surface area contributed by atoms with Crippen LogP contribution >= 0.6 is 0 Å². The molecule has 4 aliphatic rings. The summed E-state index contributed by atoms with van der Waals surface area (Å²) in [6.45, 7) is 18.8. The van der Waals surface area contributed by atoms with Crippen LogP contribution in [0.3, 0.4) is 0 Å². The van der Waals surface area contributed by atoms with E-state index in [0.717, 1.165) is 31.6 Å². The van der Waals surface area contributed by atoms with Crippen LogP contribution in [0.25, 0.3) is 0 Å². The van der Waals surface area contributed by atoms with Crippen LogP contribution in [0.15, 0.2) is 23.3 Å². The highest BCUT2D eigenvalue weighted by Gasteiger charge is 2.61. The molecule has 4 rings (SSSR count). The van der Waals surface area contributed by atoms with Crippen molar-refractivity contribution in [2.45, 2.75) is 118 Å². The largest absolute Gasteiger partial charge is 0.414 e. The van der Waals surface area contributed by atoms with Crippen molar-refractivity contribution in [3.05, 3.63) is 23.3 Å². The topological polar surface area (TPSA) is 26.3 Å². The fourth-order valence-corrected chi connectivity index (χ4v) is 10.0. The third kappa shape index (κ3) is 4.75. The summed E-state index contributed by atoms with van der Waals surface area (Å²) in [5.41, 5.74) is 3.63. The maximum atomic E-state index is 13.5. The van der Waals surface area contributed by atoms with E-state index in [1.54, 1.807) is 5.57 Å². The lowest BCUT2D eigenvalue weighted by molar-refractivity contribution is -0.124. The molecule has 186 valence electrons. The standard InChI is InChI=1S/C30H50O2Si/c1-20(2)10-9-11-21(3)28-27(31)19-26-24-13-12-22-18-23(32-33(6,7)8)14-16-29(22,4)25(24)15-17-30(26,28)5/h10,12,21,23-26,28H,9,11,13-19H2,1-8H3/t21-,23+,24?,25?,26?,28+,29+,30+/m1/s1. The Hall–Kier alpha value is -0.673. The number of rotatable bonds is 6. The zero-order chi connectivity index (χ0) is 24.2. The van der Waals surface area contributed by atoms with Gasteiger partial charge < -0.3 is 4.43 Å². The van der Waals surface area contributed by atoms with Gasteiger partial charge in [-0.3, -0.25) is 4.79 Å². The fourth-order valence-electron chi connectivity index (χ4n) is 8.83. The van der Waals surface area contributed by atoms with Gasteiger partial charge in [0.05, 0.1) is 0 Å². The molecule has 0 radical (unpaired) electrons. The lowest BCUT2D eigenvalue weighted by atomic mass is 9.47. The molecule has 0 aromatic heterocycles. The number of hydrogen-bond acceptors (Lipinski definition) is 2. The maximum absolute atomic E-state index is 13.5. The van der Waals surface area contributed by atoms with Crippen LogP contribution in [0.5, 0.6) is 0 Å². The van der Waals surface area contributed by atoms with Crippen molar-refractivity contribution >= 4 is 14.1 Å². The zero-order valence-electron chi connectivity index (χ0n) is 22.8. The molecule has 0 aromatic carbocycles. The smallest absolute Gasteiger partial charge is 0.184 e. The molecule has 0 heterocycles. The Morgan fingerprint density at radius 1 is 1.15 bits per heavy atom. The average molecular weight is 471 g/mol. The molecule has 3 unspecified atom stereocenters. The predicted octanol–water partition coefficient (Wildman–Crippen LogP) is 8.35. The van der Waals surface area contributed by atoms with Gasteiger partial charge in [0.25, 0.3) is 0 Å². The average Bonchev–Trinajstić information content (AvgIpc) is 2.97. The van der Waals surface area contributed by atoms with Crippen molar-refractivity contribution in [2.75, 3.05) is 0 Å². The molecule has 0 aromatic rings. The number of carbonyl (C=O) groups excluding carboxylic acids is 1. The minimum absolute atomic E-state index is 0.211. The van der Waals surface area contributed by atoms with Gasteiger partial charge in [-0.25, -0.2) is 0 Å². The van der Waals surface area contributed by atoms with Gasteiger partial charge >= 0.3 is 0 Å². The molecule has 4 aliphatic carbocycles. The summed E-state index contributed by atoms with van der Waals surface area (Å²) in [6.07, 6.45) is 15.9. The minimum Gasteiger partial charge on any atom is -0.414 e. The van der Waals surface area contributed by atoms with Crippen LogP contribution in [0, 0.1) is 40.4 Å². The third-order valence-electron chi connectivity index (χ3n) is 10.2. The van der Waals surface area contributed by atoms with Crippen LogP contribution < -0.4 is 0 Å². The SMILES string of the molecule is CC(C)=CCC[C@@H](C)[C@H]1C(=O)CC2C3CC=C4C[C@@H](O[Si](C)(C)C)CC[C@]4(C)C3CC[C@@]21C. The van der Waals surface area contributed by atoms with Crippen LogP contribution in [0.1, 0.15) is 92.4 Å². The molecule has 0 spiro atoms. The van der Waals surface area contributed by atoms with Gasteiger partial charge in [-0.05, 0) is 119 Å². The van der Waals surface area contributed by atoms with Crippen LogP contribution in [0.2, 0.25) is 19.6 Å². The Bertz CT molecular complexity index is 816. The van der Waals surface area contributed by atoms with E-state index in [0.29, 0.717) is 35.1 Å². The molecule has 0 bridgehead atoms. The van der Waals surface area contributed by atoms with Gasteiger partial charge in [-0.2, -0.15) is 0 Å². The van der Waals surface area contributed by atoms with Gasteiger partial charge in [-0.1, -0.05) is 44.1 Å². The second kappa shape index (κ2) is 9.08.